The molecule has 56 valence electrons. The Morgan fingerprint density at radius 2 is 2.36 bits per heavy atom. The standard InChI is InChI=1S/C8H7NS2/c10-8-9-7-4-2-1-3-6(7)5-11-8/h1-5,7H,(H,9,10). The van der Waals surface area contributed by atoms with E-state index >= 15 is 0 Å². The van der Waals surface area contributed by atoms with Crippen LogP contribution in [-0.4, -0.2) is 10.4 Å². The monoisotopic (exact) mass is 181 g/mol. The van der Waals surface area contributed by atoms with E-state index in [1.807, 2.05) is 12.2 Å². The maximum atomic E-state index is 4.34. The highest BCUT2D eigenvalue weighted by atomic mass is 32.2. The quantitative estimate of drug-likeness (QED) is 0.566. The van der Waals surface area contributed by atoms with Crippen molar-refractivity contribution in [1.82, 2.24) is 0 Å². The molecule has 0 aromatic heterocycles. The molecule has 0 saturated carbocycles. The molecule has 1 aliphatic carbocycles. The molecule has 1 heterocycles. The Bertz CT molecular complexity index is 286. The summed E-state index contributed by atoms with van der Waals surface area (Å²) in [6.07, 6.45) is 8.20. The van der Waals surface area contributed by atoms with Gasteiger partial charge in [-0.25, -0.2) is 0 Å². The highest BCUT2D eigenvalue weighted by Crippen LogP contribution is 2.26. The average molecular weight is 181 g/mol. The Balaban J connectivity index is 2.31. The first-order valence-corrected chi connectivity index (χ1v) is 4.67. The first-order chi connectivity index (χ1) is 5.36. The minimum atomic E-state index is 0.216. The molecule has 1 unspecified atom stereocenters. The van der Waals surface area contributed by atoms with Crippen molar-refractivity contribution in [2.45, 2.75) is 6.04 Å². The van der Waals surface area contributed by atoms with Crippen LogP contribution in [-0.2, 0) is 0 Å². The smallest absolute Gasteiger partial charge is 0.126 e. The van der Waals surface area contributed by atoms with Gasteiger partial charge in [-0.15, -0.1) is 12.6 Å². The Morgan fingerprint density at radius 3 is 3.27 bits per heavy atom. The molecule has 1 nitrogen and oxygen atoms in total. The van der Waals surface area contributed by atoms with Gasteiger partial charge < -0.3 is 0 Å². The lowest BCUT2D eigenvalue weighted by molar-refractivity contribution is 0.980. The number of allylic oxidation sites excluding steroid dienone is 2. The van der Waals surface area contributed by atoms with E-state index in [4.69, 9.17) is 0 Å². The van der Waals surface area contributed by atoms with Gasteiger partial charge in [0.15, 0.2) is 0 Å². The van der Waals surface area contributed by atoms with Crippen molar-refractivity contribution in [1.29, 1.82) is 0 Å². The second kappa shape index (κ2) is 2.91. The van der Waals surface area contributed by atoms with Gasteiger partial charge in [0.25, 0.3) is 0 Å². The molecule has 0 aromatic carbocycles. The van der Waals surface area contributed by atoms with Gasteiger partial charge in [0.05, 0.1) is 6.04 Å². The molecule has 11 heavy (non-hydrogen) atoms. The van der Waals surface area contributed by atoms with E-state index in [1.54, 1.807) is 11.8 Å². The maximum Gasteiger partial charge on any atom is 0.126 e. The predicted octanol–water partition coefficient (Wildman–Crippen LogP) is 2.40. The molecule has 0 spiro atoms. The van der Waals surface area contributed by atoms with Crippen LogP contribution in [0.25, 0.3) is 0 Å². The highest BCUT2D eigenvalue weighted by Gasteiger charge is 2.13. The molecule has 0 aromatic rings. The van der Waals surface area contributed by atoms with Gasteiger partial charge in [-0.1, -0.05) is 36.1 Å². The van der Waals surface area contributed by atoms with Gasteiger partial charge in [-0.05, 0) is 11.0 Å². The summed E-state index contributed by atoms with van der Waals surface area (Å²) in [5, 5.41) is 2.10. The molecule has 1 atom stereocenters. The summed E-state index contributed by atoms with van der Waals surface area (Å²) in [7, 11) is 0. The van der Waals surface area contributed by atoms with Gasteiger partial charge >= 0.3 is 0 Å². The van der Waals surface area contributed by atoms with E-state index in [1.165, 1.54) is 5.57 Å². The van der Waals surface area contributed by atoms with Crippen LogP contribution in [0.2, 0.25) is 0 Å². The van der Waals surface area contributed by atoms with Crippen LogP contribution in [0, 0.1) is 0 Å². The van der Waals surface area contributed by atoms with Gasteiger partial charge in [0, 0.05) is 0 Å². The lowest BCUT2D eigenvalue weighted by Crippen LogP contribution is -2.09. The maximum absolute atomic E-state index is 4.34. The highest BCUT2D eigenvalue weighted by molar-refractivity contribution is 8.33. The molecule has 0 bridgehead atoms. The van der Waals surface area contributed by atoms with Crippen molar-refractivity contribution < 1.29 is 0 Å². The summed E-state index contributed by atoms with van der Waals surface area (Å²) >= 11 is 5.76. The third-order valence-corrected chi connectivity index (χ3v) is 2.72. The van der Waals surface area contributed by atoms with E-state index in [0.717, 1.165) is 4.38 Å². The Hall–Kier alpha value is -0.410. The molecule has 3 heteroatoms. The number of aliphatic imine (C=N–C) groups is 1. The molecule has 0 radical (unpaired) electrons. The second-order valence-electron chi connectivity index (χ2n) is 2.34. The van der Waals surface area contributed by atoms with Gasteiger partial charge in [-0.3, -0.25) is 4.99 Å². The number of fused-ring (bicyclic) bond motifs is 1. The zero-order chi connectivity index (χ0) is 7.68. The predicted molar refractivity (Wildman–Crippen MR) is 54.2 cm³/mol. The van der Waals surface area contributed by atoms with Crippen molar-refractivity contribution in [3.63, 3.8) is 0 Å². The number of hydrogen-bond acceptors (Lipinski definition) is 2. The van der Waals surface area contributed by atoms with E-state index < -0.39 is 0 Å². The Labute approximate surface area is 75.4 Å². The van der Waals surface area contributed by atoms with Crippen LogP contribution in [0.15, 0.2) is 40.3 Å². The van der Waals surface area contributed by atoms with Crippen LogP contribution >= 0.6 is 24.4 Å². The summed E-state index contributed by atoms with van der Waals surface area (Å²) in [6, 6.07) is 0.216. The van der Waals surface area contributed by atoms with Gasteiger partial charge in [0.1, 0.15) is 4.38 Å². The number of thioether (sulfide) groups is 1. The minimum absolute atomic E-state index is 0.216. The fraction of sp³-hybridized carbons (Fsp3) is 0.125. The third-order valence-electron chi connectivity index (χ3n) is 1.58. The molecular weight excluding hydrogens is 174 g/mol. The van der Waals surface area contributed by atoms with E-state index in [9.17, 15) is 0 Å². The summed E-state index contributed by atoms with van der Waals surface area (Å²) < 4.78 is 0.846. The van der Waals surface area contributed by atoms with Crippen molar-refractivity contribution >= 4 is 28.8 Å². The summed E-state index contributed by atoms with van der Waals surface area (Å²) in [5.74, 6) is 0. The second-order valence-corrected chi connectivity index (χ2v) is 3.92. The molecular formula is C8H7NS2. The van der Waals surface area contributed by atoms with E-state index in [2.05, 4.69) is 35.2 Å². The number of thiol groups is 1. The van der Waals surface area contributed by atoms with Crippen molar-refractivity contribution in [2.24, 2.45) is 4.99 Å². The molecule has 2 aliphatic rings. The summed E-state index contributed by atoms with van der Waals surface area (Å²) in [5.41, 5.74) is 1.26. The van der Waals surface area contributed by atoms with E-state index in [0.29, 0.717) is 0 Å². The fourth-order valence-electron chi connectivity index (χ4n) is 1.04. The minimum Gasteiger partial charge on any atom is -0.259 e. The molecule has 0 fully saturated rings. The SMILES string of the molecule is SC1=NC2C=CC=CC2=CS1. The third kappa shape index (κ3) is 1.44. The average Bonchev–Trinajstić information content (AvgIpc) is 2.04. The van der Waals surface area contributed by atoms with Crippen molar-refractivity contribution in [3.05, 3.63) is 35.3 Å². The fourth-order valence-corrected chi connectivity index (χ4v) is 1.96. The lowest BCUT2D eigenvalue weighted by atomic mass is 10.1. The number of hydrogen-bond donors (Lipinski definition) is 1. The first-order valence-electron chi connectivity index (χ1n) is 3.34. The van der Waals surface area contributed by atoms with Crippen LogP contribution in [0.4, 0.5) is 0 Å². The zero-order valence-corrected chi connectivity index (χ0v) is 7.48. The van der Waals surface area contributed by atoms with Crippen LogP contribution < -0.4 is 0 Å². The topological polar surface area (TPSA) is 12.4 Å². The van der Waals surface area contributed by atoms with Crippen LogP contribution in [0.3, 0.4) is 0 Å². The molecule has 2 rings (SSSR count). The zero-order valence-electron chi connectivity index (χ0n) is 5.77. The van der Waals surface area contributed by atoms with Gasteiger partial charge in [-0.2, -0.15) is 0 Å². The summed E-state index contributed by atoms with van der Waals surface area (Å²) in [6.45, 7) is 0. The Kier molecular flexibility index (Phi) is 1.92. The molecule has 0 amide bonds. The number of rotatable bonds is 0. The molecule has 0 saturated heterocycles. The van der Waals surface area contributed by atoms with Crippen molar-refractivity contribution in [3.8, 4) is 0 Å². The normalized spacial score (nSPS) is 27.5. The van der Waals surface area contributed by atoms with Crippen molar-refractivity contribution in [2.75, 3.05) is 0 Å². The first kappa shape index (κ1) is 7.25. The van der Waals surface area contributed by atoms with Crippen LogP contribution in [0.5, 0.6) is 0 Å². The summed E-state index contributed by atoms with van der Waals surface area (Å²) in [4.78, 5) is 4.34. The van der Waals surface area contributed by atoms with Gasteiger partial charge in [0.2, 0.25) is 0 Å². The largest absolute Gasteiger partial charge is 0.259 e. The number of nitrogens with zero attached hydrogens (tertiary/aromatic N) is 1. The van der Waals surface area contributed by atoms with E-state index in [-0.39, 0.29) is 6.04 Å². The Morgan fingerprint density at radius 1 is 1.45 bits per heavy atom. The van der Waals surface area contributed by atoms with Crippen LogP contribution in [0.1, 0.15) is 0 Å². The molecule has 0 N–H and O–H groups in total. The lowest BCUT2D eigenvalue weighted by Gasteiger charge is -2.16. The molecule has 1 aliphatic heterocycles.